The number of aliphatic hydroxyl groups excluding tert-OH is 2. The minimum absolute atomic E-state index is 0.00571. The third-order valence-electron chi connectivity index (χ3n) is 21.8. The van der Waals surface area contributed by atoms with E-state index in [0.717, 1.165) is 122 Å². The molecule has 7 aliphatic rings. The van der Waals surface area contributed by atoms with Crippen LogP contribution in [0.4, 0.5) is 0 Å². The van der Waals surface area contributed by atoms with Crippen molar-refractivity contribution in [1.82, 2.24) is 28.2 Å². The number of aromatic nitrogens is 10. The fourth-order valence-electron chi connectivity index (χ4n) is 17.7. The number of aliphatic hydroxyl groups is 2. The van der Waals surface area contributed by atoms with Crippen LogP contribution in [-0.2, 0) is 65.2 Å². The summed E-state index contributed by atoms with van der Waals surface area (Å²) in [5.41, 5.74) is 13.3. The number of aromatic hydroxyl groups is 2. The highest BCUT2D eigenvalue weighted by molar-refractivity contribution is 5.53. The highest BCUT2D eigenvalue weighted by Gasteiger charge is 2.56. The zero-order chi connectivity index (χ0) is 54.0. The largest absolute Gasteiger partial charge is 0.507 e. The van der Waals surface area contributed by atoms with Crippen LogP contribution in [0.25, 0.3) is 0 Å². The number of benzene rings is 2. The maximum atomic E-state index is 12.5. The van der Waals surface area contributed by atoms with Crippen molar-refractivity contribution in [1.29, 1.82) is 0 Å². The average molecular weight is 1080 g/mol. The molecule has 80 heavy (non-hydrogen) atoms. The van der Waals surface area contributed by atoms with E-state index in [2.05, 4.69) is 174 Å². The molecule has 0 amide bonds. The van der Waals surface area contributed by atoms with Crippen LogP contribution in [0.3, 0.4) is 0 Å². The van der Waals surface area contributed by atoms with E-state index < -0.39 is 0 Å². The van der Waals surface area contributed by atoms with Crippen molar-refractivity contribution < 1.29 is 38.7 Å². The maximum absolute atomic E-state index is 12.5. The third-order valence-corrected chi connectivity index (χ3v) is 21.8. The zero-order valence-corrected chi connectivity index (χ0v) is 46.6. The van der Waals surface area contributed by atoms with E-state index in [9.17, 15) is 20.4 Å². The monoisotopic (exact) mass is 1070 g/mol. The molecule has 4 N–H and O–H groups in total. The summed E-state index contributed by atoms with van der Waals surface area (Å²) in [6.45, 7) is 9.39. The van der Waals surface area contributed by atoms with Crippen molar-refractivity contribution in [3.05, 3.63) is 191 Å². The van der Waals surface area contributed by atoms with Gasteiger partial charge in [0.2, 0.25) is 25.3 Å². The topological polar surface area (TPSA) is 142 Å². The van der Waals surface area contributed by atoms with E-state index >= 15 is 0 Å². The quantitative estimate of drug-likeness (QED) is 0.117. The highest BCUT2D eigenvalue weighted by Crippen LogP contribution is 2.63. The maximum Gasteiger partial charge on any atom is 0.244 e. The Bertz CT molecular complexity index is 3450. The van der Waals surface area contributed by atoms with Crippen molar-refractivity contribution in [2.24, 2.45) is 34.5 Å². The molecule has 14 nitrogen and oxygen atoms in total. The van der Waals surface area contributed by atoms with Crippen molar-refractivity contribution in [3.8, 4) is 11.5 Å². The molecule has 10 atom stereocenters. The third kappa shape index (κ3) is 8.64. The van der Waals surface area contributed by atoms with Gasteiger partial charge in [0.05, 0.1) is 35.0 Å². The molecule has 0 saturated heterocycles. The number of hydrogen-bond donors (Lipinski definition) is 4. The predicted molar refractivity (Wildman–Crippen MR) is 297 cm³/mol. The second kappa shape index (κ2) is 19.4. The first kappa shape index (κ1) is 50.1. The van der Waals surface area contributed by atoms with Crippen LogP contribution in [0.2, 0.25) is 0 Å². The van der Waals surface area contributed by atoms with Crippen molar-refractivity contribution in [2.45, 2.75) is 167 Å². The van der Waals surface area contributed by atoms with Gasteiger partial charge in [0.1, 0.15) is 113 Å². The number of phenolic OH excluding ortho intramolecular Hbond substituents is 2. The van der Waals surface area contributed by atoms with Crippen molar-refractivity contribution >= 4 is 0 Å². The Morgan fingerprint density at radius 3 is 1.20 bits per heavy atom. The van der Waals surface area contributed by atoms with Crippen LogP contribution in [0.15, 0.2) is 123 Å². The van der Waals surface area contributed by atoms with Crippen LogP contribution in [0.5, 0.6) is 11.5 Å². The van der Waals surface area contributed by atoms with Crippen LogP contribution < -0.4 is 18.3 Å². The zero-order valence-electron chi connectivity index (χ0n) is 46.6. The Balaban J connectivity index is 0.770. The molecule has 6 aliphatic carbocycles. The van der Waals surface area contributed by atoms with E-state index in [0.29, 0.717) is 99.4 Å². The lowest BCUT2D eigenvalue weighted by atomic mass is 9.55. The predicted octanol–water partition coefficient (Wildman–Crippen LogP) is 7.38. The first-order valence-electron chi connectivity index (χ1n) is 30.1. The fraction of sp³-hybridized carbons (Fsp3) is 0.485. The molecular weight excluding hydrogens is 997 g/mol. The lowest BCUT2D eigenvalue weighted by Crippen LogP contribution is -2.44. The number of nitrogens with zero attached hydrogens (tertiary/aromatic N) is 10. The van der Waals surface area contributed by atoms with Crippen LogP contribution in [0.1, 0.15) is 157 Å². The molecule has 16 bridgehead atoms. The fourth-order valence-corrected chi connectivity index (χ4v) is 17.7. The second-order valence-corrected chi connectivity index (χ2v) is 26.2. The van der Waals surface area contributed by atoms with Gasteiger partial charge in [-0.05, 0) is 182 Å². The summed E-state index contributed by atoms with van der Waals surface area (Å²) in [7, 11) is 0. The summed E-state index contributed by atoms with van der Waals surface area (Å²) < 4.78 is 17.6. The van der Waals surface area contributed by atoms with E-state index in [-0.39, 0.29) is 23.0 Å². The molecule has 6 aromatic heterocycles. The summed E-state index contributed by atoms with van der Waals surface area (Å²) in [6, 6.07) is 17.3. The van der Waals surface area contributed by atoms with E-state index in [1.165, 1.54) is 22.3 Å². The lowest BCUT2D eigenvalue weighted by molar-refractivity contribution is -0.689. The van der Waals surface area contributed by atoms with E-state index in [1.807, 2.05) is 0 Å². The first-order valence-corrected chi connectivity index (χ1v) is 30.1. The normalized spacial score (nSPS) is 28.9. The Labute approximate surface area is 468 Å². The summed E-state index contributed by atoms with van der Waals surface area (Å²) in [5.74, 6) is 3.76. The SMILES string of the molecule is C[C@]12CC[C@@H]3c4cc5c(O)c(c4CC[C@H]3[C@@H]1CC[C@@H]2O)C[n+]1ccn(c1)Cc1cccc(n1)Cn1cc[n+](c1)Cc1c(O)c(cc2c1CC[C@@H]1[C@@H]2CC[C@]2(C)[C@@H](O)CC[C@@H]12)C[n+]1ccn(c1)Cc1cccc(n1)Cn1cc[n+](c1)C5. The number of rotatable bonds is 0. The van der Waals surface area contributed by atoms with Gasteiger partial charge in [0.25, 0.3) is 0 Å². The number of imidazole rings is 4. The van der Waals surface area contributed by atoms with Crippen molar-refractivity contribution in [2.75, 3.05) is 0 Å². The summed E-state index contributed by atoms with van der Waals surface area (Å²) in [4.78, 5) is 10.4. The van der Waals surface area contributed by atoms with Gasteiger partial charge in [-0.2, -0.15) is 0 Å². The molecule has 8 aromatic rings. The van der Waals surface area contributed by atoms with Crippen LogP contribution >= 0.6 is 0 Å². The van der Waals surface area contributed by atoms with Gasteiger partial charge in [-0.1, -0.05) is 26.0 Å². The van der Waals surface area contributed by atoms with Crippen molar-refractivity contribution in [3.63, 3.8) is 0 Å². The molecule has 0 radical (unpaired) electrons. The second-order valence-electron chi connectivity index (χ2n) is 26.2. The Morgan fingerprint density at radius 1 is 0.463 bits per heavy atom. The van der Waals surface area contributed by atoms with Gasteiger partial charge in [0, 0.05) is 22.3 Å². The number of pyridine rings is 2. The minimum atomic E-state index is -0.214. The number of phenols is 2. The molecule has 14 heteroatoms. The minimum Gasteiger partial charge on any atom is -0.507 e. The van der Waals surface area contributed by atoms with Gasteiger partial charge in [0.15, 0.2) is 0 Å². The average Bonchev–Trinajstić information content (AvgIpc) is 4.48. The molecule has 15 rings (SSSR count). The molecule has 412 valence electrons. The highest BCUT2D eigenvalue weighted by atomic mass is 16.3. The molecular formula is C66H78N10O4+4. The molecule has 4 fully saturated rings. The summed E-state index contributed by atoms with van der Waals surface area (Å²) in [6.07, 6.45) is 37.4. The molecule has 4 saturated carbocycles. The van der Waals surface area contributed by atoms with Crippen LogP contribution in [0, 0.1) is 34.5 Å². The smallest absolute Gasteiger partial charge is 0.244 e. The Morgan fingerprint density at radius 2 is 0.825 bits per heavy atom. The standard InChI is InChI=1S/C66H76N10O4/c1-65-19-17-51-53(59(65)13-15-61(65)77)11-9-49-55(51)29-43-31-69-21-23-71(39-69)33-45-5-3-6-46(67-45)34-72-24-22-70(40-72)32-44-30-56-50(10-12-54-52(56)18-20-66(2)60(54)14-16-62(66)78)58(64(44)80)38-76-28-26-74(42-76)36-48-8-4-7-47(68-48)35-73-25-27-75(41-73)37-57(49)63(43)79/h3-8,21-30,39-42,51-54,59-62,77-78H,9-20,31-38H2,1-2H3/q+2/p+2/t51-,52-,53+,54+,59-,60-,61-,62-,65-,66-/m0/s1. The van der Waals surface area contributed by atoms with Gasteiger partial charge in [-0.3, -0.25) is 0 Å². The van der Waals surface area contributed by atoms with Gasteiger partial charge < -0.3 is 20.4 Å². The summed E-state index contributed by atoms with van der Waals surface area (Å²) in [5, 5.41) is 47.4. The molecule has 7 heterocycles. The van der Waals surface area contributed by atoms with Gasteiger partial charge >= 0.3 is 0 Å². The van der Waals surface area contributed by atoms with Crippen LogP contribution in [-0.4, -0.2) is 60.9 Å². The Hall–Kier alpha value is -6.90. The Kier molecular flexibility index (Phi) is 12.1. The van der Waals surface area contributed by atoms with Gasteiger partial charge in [-0.25, -0.2) is 46.5 Å². The molecule has 0 spiro atoms. The van der Waals surface area contributed by atoms with E-state index in [4.69, 9.17) is 9.97 Å². The number of hydrogen-bond acceptors (Lipinski definition) is 6. The summed E-state index contributed by atoms with van der Waals surface area (Å²) >= 11 is 0. The van der Waals surface area contributed by atoms with E-state index in [1.54, 1.807) is 0 Å². The molecule has 0 unspecified atom stereocenters. The molecule has 2 aromatic carbocycles. The van der Waals surface area contributed by atoms with Gasteiger partial charge in [-0.15, -0.1) is 0 Å². The lowest BCUT2D eigenvalue weighted by Gasteiger charge is -2.50. The number of fused-ring (bicyclic) bond motifs is 28. The first-order chi connectivity index (χ1) is 38.9. The molecule has 1 aliphatic heterocycles.